The number of nitro groups is 1. The van der Waals surface area contributed by atoms with Crippen LogP contribution in [0.15, 0.2) is 205 Å². The summed E-state index contributed by atoms with van der Waals surface area (Å²) in [7, 11) is 1.59. The number of non-ortho nitro benzene ring substituents is 1. The van der Waals surface area contributed by atoms with Gasteiger partial charge in [-0.15, -0.1) is 0 Å². The van der Waals surface area contributed by atoms with Crippen molar-refractivity contribution in [3.8, 4) is 69.3 Å². The summed E-state index contributed by atoms with van der Waals surface area (Å²) in [6.45, 7) is 0. The first-order valence-corrected chi connectivity index (χ1v) is 20.2. The highest BCUT2D eigenvalue weighted by Crippen LogP contribution is 2.18. The molecule has 8 rings (SSSR count). The number of nitriles is 1. The number of carbonyl (C=O) groups is 1. The Labute approximate surface area is 404 Å². The molecule has 18 heteroatoms. The summed E-state index contributed by atoms with van der Waals surface area (Å²) in [6, 6.07) is 52.1. The zero-order chi connectivity index (χ0) is 51.6. The lowest BCUT2D eigenvalue weighted by Crippen LogP contribution is -1.93. The van der Waals surface area contributed by atoms with Gasteiger partial charge in [-0.05, 0) is 158 Å². The molecule has 0 saturated heterocycles. The van der Waals surface area contributed by atoms with Gasteiger partial charge in [-0.2, -0.15) is 5.26 Å². The molecule has 0 aliphatic carbocycles. The summed E-state index contributed by atoms with van der Waals surface area (Å²) in [4.78, 5) is 19.8. The second-order valence-corrected chi connectivity index (χ2v) is 13.7. The number of para-hydroxylation sites is 1. The predicted octanol–water partition coefficient (Wildman–Crippen LogP) is 10.8. The molecule has 0 saturated carbocycles. The minimum atomic E-state index is -0.986. The van der Waals surface area contributed by atoms with E-state index in [1.165, 1.54) is 103 Å². The number of aromatic hydroxyl groups is 10. The summed E-state index contributed by atoms with van der Waals surface area (Å²) in [6.07, 6.45) is 0. The van der Waals surface area contributed by atoms with Gasteiger partial charge in [0.1, 0.15) is 63.2 Å². The van der Waals surface area contributed by atoms with E-state index < -0.39 is 10.9 Å². The summed E-state index contributed by atoms with van der Waals surface area (Å²) in [5, 5.41) is 114. The van der Waals surface area contributed by atoms with Crippen LogP contribution in [-0.4, -0.2) is 74.2 Å². The number of aromatic carboxylic acids is 1. The first kappa shape index (κ1) is 57.4. The molecular weight excluding hydrogens is 960 g/mol. The van der Waals surface area contributed by atoms with Gasteiger partial charge < -0.3 is 60.9 Å². The molecule has 0 atom stereocenters. The largest absolute Gasteiger partial charge is 0.508 e. The number of carboxylic acids is 1. The van der Waals surface area contributed by atoms with E-state index in [0.717, 1.165) is 10.2 Å². The fourth-order valence-corrected chi connectivity index (χ4v) is 4.38. The molecule has 0 spiro atoms. The fraction of sp³-hybridized carbons (Fsp3) is 0.0196. The number of rotatable bonds is 3. The van der Waals surface area contributed by atoms with Gasteiger partial charge in [-0.3, -0.25) is 10.1 Å². The van der Waals surface area contributed by atoms with E-state index >= 15 is 0 Å². The Bertz CT molecular complexity index is 2530. The Kier molecular flexibility index (Phi) is 27.4. The maximum Gasteiger partial charge on any atom is 0.335 e. The van der Waals surface area contributed by atoms with Gasteiger partial charge in [0.15, 0.2) is 0 Å². The van der Waals surface area contributed by atoms with Crippen molar-refractivity contribution in [2.45, 2.75) is 0 Å². The Hall–Kier alpha value is -9.60. The highest BCUT2D eigenvalue weighted by Gasteiger charge is 2.02. The standard InChI is InChI=1S/C7H5NO.C7H6O3.C7H8O2.C6H5BrO.C6H5NO3.2C6H6O2.C6H6O/c8-5-6-1-3-7(9)4-2-6;8-6-3-1-5(2-4-6)7(9)10;1-9-7-4-2-6(8)3-5-7;7-5-1-3-6(8)4-2-5;8-6-3-1-5(2-4-6)7(9)10;7-5-1-2-6(8)4-3-5;7-5-2-1-3-6(8)4-5;7-6-4-2-1-3-5-6/h1-4,9H;1-4,8H,(H,9,10);2-5,8H,1H3;1-4,8H;1-4,8H;2*1-4,7-8H;1-5,7H. The SMILES string of the molecule is COc1ccc(O)cc1.N#Cc1ccc(O)cc1.O=C(O)c1ccc(O)cc1.O=[N+]([O-])c1ccc(O)cc1.Oc1ccc(Br)cc1.Oc1ccc(O)cc1.Oc1cccc(O)c1.Oc1ccccc1. The van der Waals surface area contributed by atoms with Crippen LogP contribution in [0.25, 0.3) is 0 Å². The second-order valence-electron chi connectivity index (χ2n) is 12.8. The molecule has 0 bridgehead atoms. The van der Waals surface area contributed by atoms with Crippen LogP contribution in [0.5, 0.6) is 63.2 Å². The quantitative estimate of drug-likeness (QED) is 0.0445. The number of phenolic OH excluding ortho intramolecular Hbond substituents is 10. The van der Waals surface area contributed by atoms with E-state index in [-0.39, 0.29) is 57.2 Å². The van der Waals surface area contributed by atoms with Crippen LogP contribution in [0.2, 0.25) is 0 Å². The zero-order valence-corrected chi connectivity index (χ0v) is 38.0. The summed E-state index contributed by atoms with van der Waals surface area (Å²) < 4.78 is 5.84. The monoisotopic (exact) mass is 1010 g/mol. The van der Waals surface area contributed by atoms with E-state index in [0.29, 0.717) is 17.1 Å². The smallest absolute Gasteiger partial charge is 0.335 e. The van der Waals surface area contributed by atoms with Gasteiger partial charge in [0, 0.05) is 22.7 Å². The van der Waals surface area contributed by atoms with Crippen LogP contribution in [-0.2, 0) is 0 Å². The number of halogens is 1. The van der Waals surface area contributed by atoms with Gasteiger partial charge in [0.05, 0.1) is 29.2 Å². The van der Waals surface area contributed by atoms with E-state index in [1.807, 2.05) is 12.1 Å². The van der Waals surface area contributed by atoms with Crippen LogP contribution in [0.1, 0.15) is 15.9 Å². The van der Waals surface area contributed by atoms with Gasteiger partial charge in [0.25, 0.3) is 5.69 Å². The normalized spacial score (nSPS) is 8.94. The fourth-order valence-electron chi connectivity index (χ4n) is 4.11. The number of benzene rings is 8. The third kappa shape index (κ3) is 28.7. The minimum absolute atomic E-state index is 0.0159. The van der Waals surface area contributed by atoms with Crippen molar-refractivity contribution in [3.63, 3.8) is 0 Å². The van der Waals surface area contributed by atoms with Gasteiger partial charge in [-0.1, -0.05) is 40.2 Å². The second kappa shape index (κ2) is 33.0. The van der Waals surface area contributed by atoms with Crippen molar-refractivity contribution in [2.24, 2.45) is 0 Å². The number of nitrogens with zero attached hydrogens (tertiary/aromatic N) is 2. The molecule has 17 nitrogen and oxygen atoms in total. The lowest BCUT2D eigenvalue weighted by molar-refractivity contribution is -0.384. The van der Waals surface area contributed by atoms with Crippen molar-refractivity contribution in [3.05, 3.63) is 226 Å². The average Bonchev–Trinajstić information content (AvgIpc) is 3.33. The number of hydrogen-bond donors (Lipinski definition) is 11. The Morgan fingerprint density at radius 1 is 0.478 bits per heavy atom. The van der Waals surface area contributed by atoms with Gasteiger partial charge in [-0.25, -0.2) is 4.79 Å². The first-order chi connectivity index (χ1) is 32.8. The highest BCUT2D eigenvalue weighted by molar-refractivity contribution is 9.10. The van der Waals surface area contributed by atoms with Crippen LogP contribution in [0.4, 0.5) is 5.69 Å². The Morgan fingerprint density at radius 3 is 1.09 bits per heavy atom. The third-order valence-corrected chi connectivity index (χ3v) is 8.03. The van der Waals surface area contributed by atoms with Gasteiger partial charge in [0.2, 0.25) is 0 Å². The summed E-state index contributed by atoms with van der Waals surface area (Å²) in [5.41, 5.74) is 0.725. The molecule has 0 aliphatic rings. The number of ether oxygens (including phenoxy) is 1. The van der Waals surface area contributed by atoms with Gasteiger partial charge >= 0.3 is 5.97 Å². The van der Waals surface area contributed by atoms with E-state index in [4.69, 9.17) is 66.2 Å². The predicted molar refractivity (Wildman–Crippen MR) is 261 cm³/mol. The number of carboxylic acid groups (broad SMARTS) is 1. The molecule has 69 heavy (non-hydrogen) atoms. The van der Waals surface area contributed by atoms with E-state index in [9.17, 15) is 14.9 Å². The molecule has 0 unspecified atom stereocenters. The maximum absolute atomic E-state index is 10.2. The topological polar surface area (TPSA) is 316 Å². The van der Waals surface area contributed by atoms with Crippen molar-refractivity contribution in [2.75, 3.05) is 7.11 Å². The Balaban J connectivity index is 0.000000395. The molecule has 0 amide bonds. The van der Waals surface area contributed by atoms with Crippen LogP contribution < -0.4 is 4.74 Å². The van der Waals surface area contributed by atoms with Crippen molar-refractivity contribution in [1.82, 2.24) is 0 Å². The molecule has 0 aliphatic heterocycles. The molecule has 0 fully saturated rings. The molecule has 0 heterocycles. The minimum Gasteiger partial charge on any atom is -0.508 e. The third-order valence-electron chi connectivity index (χ3n) is 7.51. The Morgan fingerprint density at radius 2 is 0.797 bits per heavy atom. The molecule has 11 N–H and O–H groups in total. The van der Waals surface area contributed by atoms with Crippen molar-refractivity contribution in [1.29, 1.82) is 5.26 Å². The summed E-state index contributed by atoms with van der Waals surface area (Å²) >= 11 is 3.23. The lowest BCUT2D eigenvalue weighted by atomic mass is 10.2. The first-order valence-electron chi connectivity index (χ1n) is 19.4. The molecule has 8 aromatic carbocycles. The van der Waals surface area contributed by atoms with E-state index in [1.54, 1.807) is 98.1 Å². The summed E-state index contributed by atoms with van der Waals surface area (Å²) in [5.74, 6) is 1.46. The van der Waals surface area contributed by atoms with Crippen LogP contribution >= 0.6 is 15.9 Å². The van der Waals surface area contributed by atoms with Crippen LogP contribution in [0.3, 0.4) is 0 Å². The number of nitro benzene ring substituents is 1. The van der Waals surface area contributed by atoms with Crippen molar-refractivity contribution < 1.29 is 70.6 Å². The zero-order valence-electron chi connectivity index (χ0n) is 36.4. The van der Waals surface area contributed by atoms with Crippen LogP contribution in [0, 0.1) is 21.4 Å². The van der Waals surface area contributed by atoms with Crippen molar-refractivity contribution >= 4 is 27.6 Å². The highest BCUT2D eigenvalue weighted by atomic mass is 79.9. The molecular formula is C51H47BrN2O15. The number of phenols is 10. The molecule has 8 aromatic rings. The lowest BCUT2D eigenvalue weighted by Gasteiger charge is -1.96. The molecule has 358 valence electrons. The average molecular weight is 1010 g/mol. The number of methoxy groups -OCH3 is 1. The van der Waals surface area contributed by atoms with E-state index in [2.05, 4.69) is 15.9 Å². The molecule has 0 radical (unpaired) electrons. The number of hydrogen-bond acceptors (Lipinski definition) is 15. The molecule has 0 aromatic heterocycles. The maximum atomic E-state index is 10.2.